The Balaban J connectivity index is 2.97. The zero-order valence-electron chi connectivity index (χ0n) is 10.8. The molecule has 0 aliphatic rings. The molecule has 0 heterocycles. The van der Waals surface area contributed by atoms with Crippen molar-refractivity contribution in [2.24, 2.45) is 0 Å². The third-order valence-electron chi connectivity index (χ3n) is 2.59. The Labute approximate surface area is 106 Å². The molecule has 1 N–H and O–H groups in total. The van der Waals surface area contributed by atoms with Gasteiger partial charge >= 0.3 is 0 Å². The van der Waals surface area contributed by atoms with Crippen molar-refractivity contribution in [1.82, 2.24) is 0 Å². The van der Waals surface area contributed by atoms with Crippen LogP contribution < -0.4 is 4.90 Å². The van der Waals surface area contributed by atoms with Crippen LogP contribution in [0.5, 0.6) is 0 Å². The van der Waals surface area contributed by atoms with Crippen LogP contribution in [-0.4, -0.2) is 44.3 Å². The lowest BCUT2D eigenvalue weighted by atomic mass is 10.1. The van der Waals surface area contributed by atoms with Crippen molar-refractivity contribution >= 4 is 11.5 Å². The highest BCUT2D eigenvalue weighted by atomic mass is 19.1. The number of carbonyl (C=O) groups is 1. The van der Waals surface area contributed by atoms with Crippen molar-refractivity contribution in [2.45, 2.75) is 13.0 Å². The maximum absolute atomic E-state index is 13.8. The third-order valence-corrected chi connectivity index (χ3v) is 2.59. The van der Waals surface area contributed by atoms with Gasteiger partial charge in [-0.3, -0.25) is 4.79 Å². The lowest BCUT2D eigenvalue weighted by Crippen LogP contribution is -2.33. The van der Waals surface area contributed by atoms with E-state index in [0.29, 0.717) is 5.56 Å². The maximum atomic E-state index is 13.8. The Bertz CT molecular complexity index is 423. The lowest BCUT2D eigenvalue weighted by molar-refractivity contribution is 0.0694. The monoisotopic (exact) mass is 255 g/mol. The fraction of sp³-hybridized carbons (Fsp3) is 0.462. The average molecular weight is 255 g/mol. The fourth-order valence-electron chi connectivity index (χ4n) is 1.84. The number of hydrogen-bond acceptors (Lipinski definition) is 4. The summed E-state index contributed by atoms with van der Waals surface area (Å²) < 4.78 is 18.6. The normalized spacial score (nSPS) is 12.3. The van der Waals surface area contributed by atoms with Crippen molar-refractivity contribution in [3.05, 3.63) is 29.6 Å². The summed E-state index contributed by atoms with van der Waals surface area (Å²) in [5.74, 6) is -0.688. The van der Waals surface area contributed by atoms with Crippen LogP contribution in [0.15, 0.2) is 18.2 Å². The van der Waals surface area contributed by atoms with Crippen LogP contribution in [0.2, 0.25) is 0 Å². The number of methoxy groups -OCH3 is 1. The van der Waals surface area contributed by atoms with E-state index in [4.69, 9.17) is 4.74 Å². The summed E-state index contributed by atoms with van der Waals surface area (Å²) in [7, 11) is 3.11. The zero-order valence-corrected chi connectivity index (χ0v) is 10.8. The number of anilines is 1. The first-order valence-corrected chi connectivity index (χ1v) is 5.65. The smallest absolute Gasteiger partial charge is 0.161 e. The number of rotatable bonds is 6. The number of Topliss-reactive ketones (excluding diaryl/α,β-unsaturated/α-hetero) is 1. The first-order valence-electron chi connectivity index (χ1n) is 5.65. The summed E-state index contributed by atoms with van der Waals surface area (Å²) in [5, 5.41) is 9.63. The van der Waals surface area contributed by atoms with Gasteiger partial charge in [0.1, 0.15) is 5.82 Å². The molecule has 1 rings (SSSR count). The second kappa shape index (κ2) is 6.47. The number of halogens is 1. The first-order chi connectivity index (χ1) is 8.47. The Morgan fingerprint density at radius 3 is 2.78 bits per heavy atom. The molecule has 0 aliphatic carbocycles. The van der Waals surface area contributed by atoms with E-state index in [0.717, 1.165) is 0 Å². The molecule has 1 aromatic carbocycles. The van der Waals surface area contributed by atoms with Gasteiger partial charge in [-0.05, 0) is 19.1 Å². The van der Waals surface area contributed by atoms with Gasteiger partial charge in [-0.1, -0.05) is 6.07 Å². The maximum Gasteiger partial charge on any atom is 0.161 e. The highest BCUT2D eigenvalue weighted by Gasteiger charge is 2.18. The average Bonchev–Trinajstić information content (AvgIpc) is 2.28. The molecular weight excluding hydrogens is 237 g/mol. The molecule has 0 saturated carbocycles. The standard InChI is InChI=1S/C13H18FNO3/c1-9(16)11-5-4-6-12(14)13(11)15(2)7-10(17)8-18-3/h4-6,10,17H,7-8H2,1-3H3. The van der Waals surface area contributed by atoms with Gasteiger partial charge in [0, 0.05) is 26.3 Å². The molecular formula is C13H18FNO3. The topological polar surface area (TPSA) is 49.8 Å². The van der Waals surface area contributed by atoms with E-state index in [1.807, 2.05) is 0 Å². The predicted molar refractivity (Wildman–Crippen MR) is 67.6 cm³/mol. The second-order valence-corrected chi connectivity index (χ2v) is 4.18. The van der Waals surface area contributed by atoms with Crippen molar-refractivity contribution in [2.75, 3.05) is 32.2 Å². The van der Waals surface area contributed by atoms with Crippen LogP contribution in [0.1, 0.15) is 17.3 Å². The number of ether oxygens (including phenoxy) is 1. The van der Waals surface area contributed by atoms with Gasteiger partial charge in [0.2, 0.25) is 0 Å². The number of para-hydroxylation sites is 1. The minimum atomic E-state index is -0.737. The first kappa shape index (κ1) is 14.6. The van der Waals surface area contributed by atoms with Crippen LogP contribution in [0.4, 0.5) is 10.1 Å². The molecule has 1 atom stereocenters. The number of hydrogen-bond donors (Lipinski definition) is 1. The lowest BCUT2D eigenvalue weighted by Gasteiger charge is -2.24. The third kappa shape index (κ3) is 3.51. The molecule has 0 amide bonds. The number of carbonyl (C=O) groups excluding carboxylic acids is 1. The van der Waals surface area contributed by atoms with E-state index < -0.39 is 11.9 Å². The number of ketones is 1. The van der Waals surface area contributed by atoms with Gasteiger partial charge in [0.25, 0.3) is 0 Å². The highest BCUT2D eigenvalue weighted by Crippen LogP contribution is 2.24. The van der Waals surface area contributed by atoms with E-state index in [1.54, 1.807) is 13.1 Å². The molecule has 0 radical (unpaired) electrons. The fourth-order valence-corrected chi connectivity index (χ4v) is 1.84. The Kier molecular flexibility index (Phi) is 5.25. The largest absolute Gasteiger partial charge is 0.389 e. The van der Waals surface area contributed by atoms with Crippen LogP contribution in [-0.2, 0) is 4.74 Å². The predicted octanol–water partition coefficient (Wildman–Crippen LogP) is 1.47. The highest BCUT2D eigenvalue weighted by molar-refractivity contribution is 5.99. The number of nitrogens with zero attached hydrogens (tertiary/aromatic N) is 1. The summed E-state index contributed by atoms with van der Waals surface area (Å²) in [6.07, 6.45) is -0.737. The Morgan fingerprint density at radius 2 is 2.22 bits per heavy atom. The summed E-state index contributed by atoms with van der Waals surface area (Å²) in [4.78, 5) is 13.0. The summed E-state index contributed by atoms with van der Waals surface area (Å²) >= 11 is 0. The number of aliphatic hydroxyl groups excluding tert-OH is 1. The van der Waals surface area contributed by atoms with Gasteiger partial charge in [-0.2, -0.15) is 0 Å². The van der Waals surface area contributed by atoms with E-state index in [-0.39, 0.29) is 24.6 Å². The second-order valence-electron chi connectivity index (χ2n) is 4.18. The van der Waals surface area contributed by atoms with E-state index in [9.17, 15) is 14.3 Å². The number of benzene rings is 1. The Hall–Kier alpha value is -1.46. The molecule has 18 heavy (non-hydrogen) atoms. The SMILES string of the molecule is COCC(O)CN(C)c1c(F)cccc1C(C)=O. The molecule has 0 fully saturated rings. The van der Waals surface area contributed by atoms with Crippen LogP contribution in [0.3, 0.4) is 0 Å². The number of likely N-dealkylation sites (N-methyl/N-ethyl adjacent to an activating group) is 1. The van der Waals surface area contributed by atoms with Crippen LogP contribution in [0.25, 0.3) is 0 Å². The molecule has 4 nitrogen and oxygen atoms in total. The molecule has 0 bridgehead atoms. The molecule has 5 heteroatoms. The molecule has 0 saturated heterocycles. The van der Waals surface area contributed by atoms with Crippen molar-refractivity contribution < 1.29 is 19.0 Å². The van der Waals surface area contributed by atoms with E-state index >= 15 is 0 Å². The quantitative estimate of drug-likeness (QED) is 0.782. The molecule has 1 unspecified atom stereocenters. The van der Waals surface area contributed by atoms with Gasteiger partial charge in [-0.15, -0.1) is 0 Å². The zero-order chi connectivity index (χ0) is 13.7. The van der Waals surface area contributed by atoms with Crippen LogP contribution >= 0.6 is 0 Å². The molecule has 1 aromatic rings. The Morgan fingerprint density at radius 1 is 1.56 bits per heavy atom. The summed E-state index contributed by atoms with van der Waals surface area (Å²) in [5.41, 5.74) is 0.516. The van der Waals surface area contributed by atoms with Crippen LogP contribution in [0, 0.1) is 5.82 Å². The minimum absolute atomic E-state index is 0.161. The van der Waals surface area contributed by atoms with Crippen molar-refractivity contribution in [3.63, 3.8) is 0 Å². The van der Waals surface area contributed by atoms with Gasteiger partial charge < -0.3 is 14.7 Å². The van der Waals surface area contributed by atoms with E-state index in [2.05, 4.69) is 0 Å². The van der Waals surface area contributed by atoms with Gasteiger partial charge in [0.05, 0.1) is 18.4 Å². The summed E-state index contributed by atoms with van der Waals surface area (Å²) in [6.45, 7) is 1.74. The molecule has 0 aliphatic heterocycles. The minimum Gasteiger partial charge on any atom is -0.389 e. The van der Waals surface area contributed by atoms with Crippen molar-refractivity contribution in [1.29, 1.82) is 0 Å². The molecule has 0 aromatic heterocycles. The van der Waals surface area contributed by atoms with Gasteiger partial charge in [0.15, 0.2) is 5.78 Å². The van der Waals surface area contributed by atoms with Gasteiger partial charge in [-0.25, -0.2) is 4.39 Å². The number of aliphatic hydroxyl groups is 1. The van der Waals surface area contributed by atoms with Crippen molar-refractivity contribution in [3.8, 4) is 0 Å². The summed E-state index contributed by atoms with van der Waals surface area (Å²) in [6, 6.07) is 4.36. The molecule has 0 spiro atoms. The molecule has 100 valence electrons. The van der Waals surface area contributed by atoms with E-state index in [1.165, 1.54) is 31.1 Å².